The third-order valence-corrected chi connectivity index (χ3v) is 4.30. The van der Waals surface area contributed by atoms with E-state index >= 15 is 0 Å². The average molecular weight is 350 g/mol. The number of aromatic nitrogens is 1. The molecule has 1 aromatic heterocycles. The fourth-order valence-electron chi connectivity index (χ4n) is 2.48. The maximum Gasteiger partial charge on any atom is 0.324 e. The molecule has 21 heavy (non-hydrogen) atoms. The number of amides is 2. The van der Waals surface area contributed by atoms with Crippen molar-refractivity contribution in [2.75, 3.05) is 18.5 Å². The van der Waals surface area contributed by atoms with Crippen molar-refractivity contribution >= 4 is 27.6 Å². The van der Waals surface area contributed by atoms with Gasteiger partial charge in [0.15, 0.2) is 0 Å². The topological polar surface area (TPSA) is 36.4 Å². The number of pyridine rings is 1. The predicted molar refractivity (Wildman–Crippen MR) is 81.6 cm³/mol. The van der Waals surface area contributed by atoms with Crippen LogP contribution in [-0.2, 0) is 0 Å². The Bertz CT molecular complexity index is 680. The summed E-state index contributed by atoms with van der Waals surface area (Å²) in [6, 6.07) is 8.28. The number of benzene rings is 1. The second kappa shape index (κ2) is 5.44. The number of hydrogen-bond donors (Lipinski definition) is 0. The molecule has 1 fully saturated rings. The first-order chi connectivity index (χ1) is 10.1. The van der Waals surface area contributed by atoms with Gasteiger partial charge in [0, 0.05) is 25.1 Å². The number of rotatable bonds is 2. The van der Waals surface area contributed by atoms with Gasteiger partial charge in [-0.1, -0.05) is 0 Å². The zero-order valence-electron chi connectivity index (χ0n) is 11.3. The molecule has 1 aromatic carbocycles. The van der Waals surface area contributed by atoms with E-state index in [4.69, 9.17) is 0 Å². The lowest BCUT2D eigenvalue weighted by molar-refractivity contribution is 0.219. The Hall–Kier alpha value is -1.95. The van der Waals surface area contributed by atoms with Crippen LogP contribution in [0.4, 0.5) is 14.9 Å². The van der Waals surface area contributed by atoms with Gasteiger partial charge >= 0.3 is 6.03 Å². The Labute approximate surface area is 130 Å². The molecule has 4 nitrogen and oxygen atoms in total. The van der Waals surface area contributed by atoms with Crippen molar-refractivity contribution in [3.05, 3.63) is 58.6 Å². The van der Waals surface area contributed by atoms with Crippen LogP contribution in [-0.4, -0.2) is 29.5 Å². The predicted octanol–water partition coefficient (Wildman–Crippen LogP) is 3.60. The smallest absolute Gasteiger partial charge is 0.319 e. The molecule has 0 bridgehead atoms. The zero-order chi connectivity index (χ0) is 15.0. The minimum atomic E-state index is -0.379. The van der Waals surface area contributed by atoms with Crippen LogP contribution in [0, 0.1) is 5.82 Å². The van der Waals surface area contributed by atoms with Gasteiger partial charge in [0.05, 0.1) is 17.1 Å². The lowest BCUT2D eigenvalue weighted by atomic mass is 10.1. The number of hydrogen-bond acceptors (Lipinski definition) is 2. The van der Waals surface area contributed by atoms with Crippen LogP contribution in [0.15, 0.2) is 47.2 Å². The van der Waals surface area contributed by atoms with E-state index in [2.05, 4.69) is 20.9 Å². The van der Waals surface area contributed by atoms with Crippen LogP contribution in [0.2, 0.25) is 0 Å². The first-order valence-electron chi connectivity index (χ1n) is 6.47. The van der Waals surface area contributed by atoms with Gasteiger partial charge in [-0.15, -0.1) is 0 Å². The van der Waals surface area contributed by atoms with Crippen molar-refractivity contribution in [3.63, 3.8) is 0 Å². The summed E-state index contributed by atoms with van der Waals surface area (Å²) in [5, 5.41) is 0. The first-order valence-corrected chi connectivity index (χ1v) is 7.26. The van der Waals surface area contributed by atoms with E-state index in [0.29, 0.717) is 16.7 Å². The van der Waals surface area contributed by atoms with Crippen molar-refractivity contribution in [2.45, 2.75) is 6.04 Å². The molecule has 1 aliphatic rings. The molecule has 1 unspecified atom stereocenters. The molecule has 0 N–H and O–H groups in total. The monoisotopic (exact) mass is 349 g/mol. The first kappa shape index (κ1) is 14.0. The SMILES string of the molecule is CN1C(=O)N(c2ccc(Br)c(F)c2)CC1c1ccncc1. The Morgan fingerprint density at radius 2 is 2.00 bits per heavy atom. The van der Waals surface area contributed by atoms with Gasteiger partial charge in [0.1, 0.15) is 5.82 Å². The lowest BCUT2D eigenvalue weighted by Crippen LogP contribution is -2.29. The van der Waals surface area contributed by atoms with E-state index in [1.165, 1.54) is 6.07 Å². The highest BCUT2D eigenvalue weighted by molar-refractivity contribution is 9.10. The van der Waals surface area contributed by atoms with Crippen LogP contribution in [0.3, 0.4) is 0 Å². The Kier molecular flexibility index (Phi) is 3.63. The van der Waals surface area contributed by atoms with Gasteiger partial charge in [0.2, 0.25) is 0 Å². The quantitative estimate of drug-likeness (QED) is 0.830. The molecular formula is C15H13BrFN3O. The van der Waals surface area contributed by atoms with Gasteiger partial charge in [-0.05, 0) is 51.8 Å². The fraction of sp³-hybridized carbons (Fsp3) is 0.200. The molecule has 6 heteroatoms. The molecule has 0 spiro atoms. The van der Waals surface area contributed by atoms with E-state index < -0.39 is 0 Å². The molecule has 0 aliphatic carbocycles. The molecule has 1 atom stereocenters. The summed E-state index contributed by atoms with van der Waals surface area (Å²) in [5.41, 5.74) is 1.57. The summed E-state index contributed by atoms with van der Waals surface area (Å²) in [5.74, 6) is -0.379. The zero-order valence-corrected chi connectivity index (χ0v) is 12.9. The number of urea groups is 1. The van der Waals surface area contributed by atoms with Crippen LogP contribution in [0.25, 0.3) is 0 Å². The molecule has 3 rings (SSSR count). The number of nitrogens with zero attached hydrogens (tertiary/aromatic N) is 3. The van der Waals surface area contributed by atoms with Crippen molar-refractivity contribution in [3.8, 4) is 0 Å². The van der Waals surface area contributed by atoms with E-state index in [0.717, 1.165) is 5.56 Å². The van der Waals surface area contributed by atoms with Gasteiger partial charge in [-0.25, -0.2) is 9.18 Å². The minimum Gasteiger partial charge on any atom is -0.319 e. The van der Waals surface area contributed by atoms with E-state index in [1.807, 2.05) is 12.1 Å². The Morgan fingerprint density at radius 3 is 2.67 bits per heavy atom. The van der Waals surface area contributed by atoms with E-state index in [-0.39, 0.29) is 17.9 Å². The molecule has 108 valence electrons. The molecule has 1 aliphatic heterocycles. The molecule has 0 saturated carbocycles. The third-order valence-electron chi connectivity index (χ3n) is 3.66. The standard InChI is InChI=1S/C15H13BrFN3O/c1-19-14(10-4-6-18-7-5-10)9-20(15(19)21)11-2-3-12(16)13(17)8-11/h2-8,14H,9H2,1H3. The lowest BCUT2D eigenvalue weighted by Gasteiger charge is -2.17. The Morgan fingerprint density at radius 1 is 1.29 bits per heavy atom. The van der Waals surface area contributed by atoms with E-state index in [9.17, 15) is 9.18 Å². The van der Waals surface area contributed by atoms with Crippen LogP contribution in [0.5, 0.6) is 0 Å². The fourth-order valence-corrected chi connectivity index (χ4v) is 2.73. The second-order valence-corrected chi connectivity index (χ2v) is 5.75. The molecule has 1 saturated heterocycles. The minimum absolute atomic E-state index is 0.0628. The highest BCUT2D eigenvalue weighted by atomic mass is 79.9. The van der Waals surface area contributed by atoms with Gasteiger partial charge in [0.25, 0.3) is 0 Å². The number of likely N-dealkylation sites (N-methyl/N-ethyl adjacent to an activating group) is 1. The summed E-state index contributed by atoms with van der Waals surface area (Å²) >= 11 is 3.12. The molecule has 2 aromatic rings. The van der Waals surface area contributed by atoms with Crippen molar-refractivity contribution in [1.82, 2.24) is 9.88 Å². The number of halogens is 2. The van der Waals surface area contributed by atoms with E-state index in [1.54, 1.807) is 41.4 Å². The third kappa shape index (κ3) is 2.51. The molecular weight excluding hydrogens is 337 g/mol. The summed E-state index contributed by atoms with van der Waals surface area (Å²) in [7, 11) is 1.75. The van der Waals surface area contributed by atoms with Crippen LogP contribution >= 0.6 is 15.9 Å². The summed E-state index contributed by atoms with van der Waals surface area (Å²) < 4.78 is 14.1. The van der Waals surface area contributed by atoms with Gasteiger partial charge in [-0.2, -0.15) is 0 Å². The maximum absolute atomic E-state index is 13.7. The summed E-state index contributed by atoms with van der Waals surface area (Å²) in [6.07, 6.45) is 3.41. The molecule has 0 radical (unpaired) electrons. The summed E-state index contributed by atoms with van der Waals surface area (Å²) in [4.78, 5) is 19.6. The largest absolute Gasteiger partial charge is 0.324 e. The van der Waals surface area contributed by atoms with Crippen molar-refractivity contribution in [2.24, 2.45) is 0 Å². The van der Waals surface area contributed by atoms with Crippen molar-refractivity contribution < 1.29 is 9.18 Å². The number of carbonyl (C=O) groups is 1. The van der Waals surface area contributed by atoms with Crippen LogP contribution in [0.1, 0.15) is 11.6 Å². The normalized spacial score (nSPS) is 18.4. The maximum atomic E-state index is 13.7. The molecule has 2 amide bonds. The summed E-state index contributed by atoms with van der Waals surface area (Å²) in [6.45, 7) is 0.487. The number of anilines is 1. The second-order valence-electron chi connectivity index (χ2n) is 4.90. The Balaban J connectivity index is 1.92. The van der Waals surface area contributed by atoms with Crippen molar-refractivity contribution in [1.29, 1.82) is 0 Å². The van der Waals surface area contributed by atoms with Gasteiger partial charge in [-0.3, -0.25) is 9.88 Å². The highest BCUT2D eigenvalue weighted by Gasteiger charge is 2.36. The average Bonchev–Trinajstić information content (AvgIpc) is 2.79. The van der Waals surface area contributed by atoms with Gasteiger partial charge < -0.3 is 4.90 Å². The van der Waals surface area contributed by atoms with Crippen LogP contribution < -0.4 is 4.90 Å². The highest BCUT2D eigenvalue weighted by Crippen LogP contribution is 2.32. The number of carbonyl (C=O) groups excluding carboxylic acids is 1. The molecule has 2 heterocycles.